The van der Waals surface area contributed by atoms with Gasteiger partial charge in [0.15, 0.2) is 0 Å². The molecule has 0 aliphatic heterocycles. The monoisotopic (exact) mass is 242 g/mol. The molecule has 0 saturated carbocycles. The van der Waals surface area contributed by atoms with E-state index in [1.165, 1.54) is 0 Å². The highest BCUT2D eigenvalue weighted by Crippen LogP contribution is 1.93. The highest BCUT2D eigenvalue weighted by molar-refractivity contribution is 5.53. The molecular weight excluding hydrogens is 224 g/mol. The minimum atomic E-state index is -1.83. The van der Waals surface area contributed by atoms with E-state index in [0.29, 0.717) is 0 Å². The van der Waals surface area contributed by atoms with Gasteiger partial charge in [-0.1, -0.05) is 0 Å². The van der Waals surface area contributed by atoms with Crippen molar-refractivity contribution >= 4 is 12.3 Å². The fourth-order valence-corrected chi connectivity index (χ4v) is 0.222. The van der Waals surface area contributed by atoms with Crippen molar-refractivity contribution in [2.75, 3.05) is 0 Å². The van der Waals surface area contributed by atoms with Gasteiger partial charge in [-0.2, -0.15) is 0 Å². The molecule has 0 aromatic heterocycles. The van der Waals surface area contributed by atoms with Gasteiger partial charge in [0, 0.05) is 0 Å². The third-order valence-corrected chi connectivity index (χ3v) is 0.440. The van der Waals surface area contributed by atoms with Gasteiger partial charge < -0.3 is 20.4 Å². The standard InChI is InChI=1S/C6H14O2.2CH2O3/c1-5(2)7-8-6(3)4;2*2-1(3)4/h5-6H,1-4H3;2*(H2,2,3,4). The zero-order valence-corrected chi connectivity index (χ0v) is 9.58. The summed E-state index contributed by atoms with van der Waals surface area (Å²) >= 11 is 0. The van der Waals surface area contributed by atoms with Gasteiger partial charge in [-0.3, -0.25) is 0 Å². The molecule has 0 radical (unpaired) electrons. The third kappa shape index (κ3) is 137. The zero-order chi connectivity index (χ0) is 13.7. The molecule has 0 unspecified atom stereocenters. The van der Waals surface area contributed by atoms with Gasteiger partial charge in [0.05, 0.1) is 12.2 Å². The smallest absolute Gasteiger partial charge is 0.450 e. The van der Waals surface area contributed by atoms with Crippen LogP contribution in [0.25, 0.3) is 0 Å². The predicted octanol–water partition coefficient (Wildman–Crippen LogP) is 2.20. The van der Waals surface area contributed by atoms with Crippen LogP contribution in [-0.4, -0.2) is 44.9 Å². The van der Waals surface area contributed by atoms with E-state index in [9.17, 15) is 0 Å². The van der Waals surface area contributed by atoms with Crippen LogP contribution in [0.2, 0.25) is 0 Å². The lowest BCUT2D eigenvalue weighted by atomic mass is 10.5. The first-order valence-electron chi connectivity index (χ1n) is 4.25. The molecule has 0 aliphatic rings. The van der Waals surface area contributed by atoms with Gasteiger partial charge in [-0.25, -0.2) is 19.4 Å². The topological polar surface area (TPSA) is 134 Å². The average molecular weight is 242 g/mol. The fourth-order valence-electron chi connectivity index (χ4n) is 0.222. The molecule has 98 valence electrons. The highest BCUT2D eigenvalue weighted by Gasteiger charge is 1.95. The summed E-state index contributed by atoms with van der Waals surface area (Å²) in [5.74, 6) is 0. The van der Waals surface area contributed by atoms with E-state index in [2.05, 4.69) is 0 Å². The van der Waals surface area contributed by atoms with Crippen molar-refractivity contribution < 1.29 is 39.8 Å². The van der Waals surface area contributed by atoms with E-state index in [-0.39, 0.29) is 12.2 Å². The van der Waals surface area contributed by atoms with E-state index >= 15 is 0 Å². The maximum atomic E-state index is 8.56. The Hall–Kier alpha value is -1.54. The Morgan fingerprint density at radius 2 is 0.875 bits per heavy atom. The molecule has 0 aromatic rings. The lowest BCUT2D eigenvalue weighted by Crippen LogP contribution is -2.08. The van der Waals surface area contributed by atoms with Crippen LogP contribution in [0.3, 0.4) is 0 Å². The second-order valence-corrected chi connectivity index (χ2v) is 2.86. The van der Waals surface area contributed by atoms with Crippen molar-refractivity contribution in [2.45, 2.75) is 39.9 Å². The largest absolute Gasteiger partial charge is 0.503 e. The average Bonchev–Trinajstić information content (AvgIpc) is 1.98. The van der Waals surface area contributed by atoms with E-state index in [0.717, 1.165) is 0 Å². The molecule has 8 nitrogen and oxygen atoms in total. The Labute approximate surface area is 93.0 Å². The Bertz CT molecular complexity index is 149. The van der Waals surface area contributed by atoms with Crippen LogP contribution in [-0.2, 0) is 9.78 Å². The molecule has 0 atom stereocenters. The number of hydrogen-bond donors (Lipinski definition) is 4. The summed E-state index contributed by atoms with van der Waals surface area (Å²) < 4.78 is 0. The summed E-state index contributed by atoms with van der Waals surface area (Å²) in [6.07, 6.45) is -3.34. The van der Waals surface area contributed by atoms with E-state index < -0.39 is 12.3 Å². The molecule has 0 fully saturated rings. The van der Waals surface area contributed by atoms with Gasteiger partial charge in [0.1, 0.15) is 0 Å². The van der Waals surface area contributed by atoms with Gasteiger partial charge in [0.25, 0.3) is 0 Å². The fraction of sp³-hybridized carbons (Fsp3) is 0.750. The van der Waals surface area contributed by atoms with Gasteiger partial charge in [-0.15, -0.1) is 0 Å². The summed E-state index contributed by atoms with van der Waals surface area (Å²) in [4.78, 5) is 26.7. The van der Waals surface area contributed by atoms with E-state index in [4.69, 9.17) is 39.8 Å². The molecule has 0 saturated heterocycles. The number of rotatable bonds is 3. The SMILES string of the molecule is CC(C)OOC(C)C.O=C(O)O.O=C(O)O. The maximum Gasteiger partial charge on any atom is 0.503 e. The second kappa shape index (κ2) is 13.5. The van der Waals surface area contributed by atoms with Crippen LogP contribution >= 0.6 is 0 Å². The van der Waals surface area contributed by atoms with Gasteiger partial charge in [-0.05, 0) is 27.7 Å². The molecular formula is C8H18O8. The van der Waals surface area contributed by atoms with Crippen molar-refractivity contribution in [3.05, 3.63) is 0 Å². The van der Waals surface area contributed by atoms with Crippen molar-refractivity contribution in [1.29, 1.82) is 0 Å². The van der Waals surface area contributed by atoms with Crippen molar-refractivity contribution in [3.8, 4) is 0 Å². The molecule has 4 N–H and O–H groups in total. The Morgan fingerprint density at radius 1 is 0.750 bits per heavy atom. The van der Waals surface area contributed by atoms with Crippen LogP contribution in [0.1, 0.15) is 27.7 Å². The molecule has 0 aliphatic carbocycles. The summed E-state index contributed by atoms with van der Waals surface area (Å²) in [7, 11) is 0. The normalized spacial score (nSPS) is 8.62. The first-order chi connectivity index (χ1) is 7.09. The zero-order valence-electron chi connectivity index (χ0n) is 9.58. The van der Waals surface area contributed by atoms with Crippen LogP contribution in [0.5, 0.6) is 0 Å². The Kier molecular flexibility index (Phi) is 16.8. The van der Waals surface area contributed by atoms with Crippen molar-refractivity contribution in [2.24, 2.45) is 0 Å². The first kappa shape index (κ1) is 19.9. The molecule has 0 rings (SSSR count). The molecule has 0 heterocycles. The molecule has 0 amide bonds. The number of carboxylic acid groups (broad SMARTS) is 4. The van der Waals surface area contributed by atoms with Crippen molar-refractivity contribution in [3.63, 3.8) is 0 Å². The highest BCUT2D eigenvalue weighted by atomic mass is 17.2. The first-order valence-corrected chi connectivity index (χ1v) is 4.25. The van der Waals surface area contributed by atoms with E-state index in [1.54, 1.807) is 0 Å². The van der Waals surface area contributed by atoms with Crippen LogP contribution in [0.4, 0.5) is 9.59 Å². The van der Waals surface area contributed by atoms with Crippen LogP contribution < -0.4 is 0 Å². The Morgan fingerprint density at radius 3 is 0.938 bits per heavy atom. The quantitative estimate of drug-likeness (QED) is 0.437. The lowest BCUT2D eigenvalue weighted by molar-refractivity contribution is -0.337. The summed E-state index contributed by atoms with van der Waals surface area (Å²) in [6, 6.07) is 0. The Balaban J connectivity index is -0.000000179. The molecule has 0 aromatic carbocycles. The third-order valence-electron chi connectivity index (χ3n) is 0.440. The second-order valence-electron chi connectivity index (χ2n) is 2.86. The summed E-state index contributed by atoms with van der Waals surface area (Å²) in [5, 5.41) is 27.9. The molecule has 0 bridgehead atoms. The number of carbonyl (C=O) groups is 2. The summed E-state index contributed by atoms with van der Waals surface area (Å²) in [6.45, 7) is 7.73. The van der Waals surface area contributed by atoms with Gasteiger partial charge >= 0.3 is 12.3 Å². The lowest BCUT2D eigenvalue weighted by Gasteiger charge is -2.08. The molecule has 0 spiro atoms. The number of hydrogen-bond acceptors (Lipinski definition) is 4. The van der Waals surface area contributed by atoms with E-state index in [1.807, 2.05) is 27.7 Å². The van der Waals surface area contributed by atoms with Crippen LogP contribution in [0.15, 0.2) is 0 Å². The van der Waals surface area contributed by atoms with Gasteiger partial charge in [0.2, 0.25) is 0 Å². The van der Waals surface area contributed by atoms with Crippen LogP contribution in [0, 0.1) is 0 Å². The molecule has 16 heavy (non-hydrogen) atoms. The maximum absolute atomic E-state index is 8.56. The summed E-state index contributed by atoms with van der Waals surface area (Å²) in [5.41, 5.74) is 0. The minimum Gasteiger partial charge on any atom is -0.450 e. The predicted molar refractivity (Wildman–Crippen MR) is 53.7 cm³/mol. The minimum absolute atomic E-state index is 0.164. The van der Waals surface area contributed by atoms with Crippen molar-refractivity contribution in [1.82, 2.24) is 0 Å². The molecule has 8 heteroatoms.